The van der Waals surface area contributed by atoms with Gasteiger partial charge in [0.25, 0.3) is 5.56 Å². The van der Waals surface area contributed by atoms with Crippen LogP contribution in [0.2, 0.25) is 0 Å². The lowest BCUT2D eigenvalue weighted by Crippen LogP contribution is -2.52. The van der Waals surface area contributed by atoms with Crippen molar-refractivity contribution in [2.75, 3.05) is 38.3 Å². The van der Waals surface area contributed by atoms with Crippen LogP contribution in [0.1, 0.15) is 36.1 Å². The van der Waals surface area contributed by atoms with Crippen LogP contribution in [0.3, 0.4) is 0 Å². The van der Waals surface area contributed by atoms with Gasteiger partial charge < -0.3 is 19.5 Å². The zero-order chi connectivity index (χ0) is 21.1. The van der Waals surface area contributed by atoms with E-state index in [2.05, 4.69) is 21.3 Å². The highest BCUT2D eigenvalue weighted by atomic mass is 16.5. The first-order chi connectivity index (χ1) is 14.6. The van der Waals surface area contributed by atoms with Crippen molar-refractivity contribution < 1.29 is 9.53 Å². The third-order valence-corrected chi connectivity index (χ3v) is 6.04. The summed E-state index contributed by atoms with van der Waals surface area (Å²) in [6.07, 6.45) is 2.86. The number of carbonyl (C=O) groups excluding carboxylic acids is 1. The van der Waals surface area contributed by atoms with Crippen LogP contribution in [0, 0.1) is 17.2 Å². The van der Waals surface area contributed by atoms with Crippen LogP contribution < -0.4 is 15.8 Å². The number of ether oxygens (including phenoxy) is 1. The van der Waals surface area contributed by atoms with E-state index < -0.39 is 0 Å². The number of nitrogens with one attached hydrogen (secondary N) is 1. The molecule has 1 N–H and O–H groups in total. The van der Waals surface area contributed by atoms with Crippen LogP contribution in [0.5, 0.6) is 0 Å². The van der Waals surface area contributed by atoms with Gasteiger partial charge in [-0.25, -0.2) is 4.98 Å². The summed E-state index contributed by atoms with van der Waals surface area (Å²) in [5, 5.41) is 12.0. The lowest BCUT2D eigenvalue weighted by atomic mass is 9.78. The normalized spacial score (nSPS) is 22.1. The number of carbonyl (C=O) groups is 1. The molecule has 2 aromatic rings. The lowest BCUT2D eigenvalue weighted by Gasteiger charge is -2.47. The van der Waals surface area contributed by atoms with Gasteiger partial charge in [-0.15, -0.1) is 0 Å². The minimum Gasteiger partial charge on any atom is -0.384 e. The molecule has 4 rings (SSSR count). The first-order valence-corrected chi connectivity index (χ1v) is 10.2. The minimum atomic E-state index is -0.113. The number of piperidine rings is 1. The van der Waals surface area contributed by atoms with E-state index in [9.17, 15) is 9.59 Å². The lowest BCUT2D eigenvalue weighted by molar-refractivity contribution is -0.122. The van der Waals surface area contributed by atoms with Crippen molar-refractivity contribution in [3.8, 4) is 6.07 Å². The zero-order valence-corrected chi connectivity index (χ0v) is 17.0. The van der Waals surface area contributed by atoms with E-state index in [0.717, 1.165) is 31.0 Å². The van der Waals surface area contributed by atoms with Gasteiger partial charge in [-0.2, -0.15) is 5.26 Å². The number of aromatic nitrogens is 2. The van der Waals surface area contributed by atoms with E-state index in [1.54, 1.807) is 25.4 Å². The molecule has 2 aliphatic heterocycles. The largest absolute Gasteiger partial charge is 0.384 e. The van der Waals surface area contributed by atoms with Gasteiger partial charge >= 0.3 is 0 Å². The molecule has 1 fully saturated rings. The molecule has 2 aromatic heterocycles. The van der Waals surface area contributed by atoms with Gasteiger partial charge in [-0.3, -0.25) is 9.59 Å². The summed E-state index contributed by atoms with van der Waals surface area (Å²) in [5.74, 6) is 1.18. The highest BCUT2D eigenvalue weighted by molar-refractivity contribution is 5.76. The van der Waals surface area contributed by atoms with Gasteiger partial charge in [0, 0.05) is 57.0 Å². The Kier molecular flexibility index (Phi) is 5.81. The van der Waals surface area contributed by atoms with E-state index in [1.165, 1.54) is 0 Å². The van der Waals surface area contributed by atoms with Crippen LogP contribution in [0.4, 0.5) is 5.82 Å². The summed E-state index contributed by atoms with van der Waals surface area (Å²) in [6, 6.07) is 11.0. The Balaban J connectivity index is 1.60. The second-order valence-electron chi connectivity index (χ2n) is 7.89. The molecule has 1 saturated heterocycles. The SMILES string of the molecule is COCCC(=O)NC[C@H]1[C@H]2C[C@H](CN(c3ccc(C#N)cn3)C2)c2cccc(=O)n21. The molecule has 156 valence electrons. The molecule has 2 bridgehead atoms. The average Bonchev–Trinajstić information content (AvgIpc) is 2.78. The Morgan fingerprint density at radius 2 is 2.20 bits per heavy atom. The van der Waals surface area contributed by atoms with Gasteiger partial charge in [-0.1, -0.05) is 6.07 Å². The van der Waals surface area contributed by atoms with Crippen LogP contribution in [0.25, 0.3) is 0 Å². The summed E-state index contributed by atoms with van der Waals surface area (Å²) in [4.78, 5) is 31.5. The fourth-order valence-electron chi connectivity index (χ4n) is 4.63. The van der Waals surface area contributed by atoms with Crippen LogP contribution in [0.15, 0.2) is 41.3 Å². The van der Waals surface area contributed by atoms with E-state index in [1.807, 2.05) is 22.8 Å². The number of amides is 1. The number of anilines is 1. The van der Waals surface area contributed by atoms with E-state index in [4.69, 9.17) is 10.00 Å². The molecule has 1 amide bonds. The monoisotopic (exact) mass is 407 g/mol. The molecule has 0 unspecified atom stereocenters. The van der Waals surface area contributed by atoms with Crippen LogP contribution >= 0.6 is 0 Å². The number of nitrogens with zero attached hydrogens (tertiary/aromatic N) is 4. The molecule has 2 aliphatic rings. The molecule has 3 atom stereocenters. The highest BCUT2D eigenvalue weighted by Gasteiger charge is 2.40. The van der Waals surface area contributed by atoms with Crippen molar-refractivity contribution in [3.05, 3.63) is 58.1 Å². The molecule has 8 heteroatoms. The fraction of sp³-hybridized carbons (Fsp3) is 0.455. The summed E-state index contributed by atoms with van der Waals surface area (Å²) >= 11 is 0. The Morgan fingerprint density at radius 1 is 1.33 bits per heavy atom. The zero-order valence-electron chi connectivity index (χ0n) is 17.0. The number of pyridine rings is 2. The number of methoxy groups -OCH3 is 1. The highest BCUT2D eigenvalue weighted by Crippen LogP contribution is 2.41. The quantitative estimate of drug-likeness (QED) is 0.778. The molecule has 4 heterocycles. The van der Waals surface area contributed by atoms with E-state index >= 15 is 0 Å². The Hall–Kier alpha value is -3.18. The predicted molar refractivity (Wildman–Crippen MR) is 111 cm³/mol. The summed E-state index contributed by atoms with van der Waals surface area (Å²) in [5.41, 5.74) is 1.51. The maximum absolute atomic E-state index is 12.7. The van der Waals surface area contributed by atoms with Crippen molar-refractivity contribution >= 4 is 11.7 Å². The van der Waals surface area contributed by atoms with E-state index in [0.29, 0.717) is 25.1 Å². The molecule has 30 heavy (non-hydrogen) atoms. The molecular weight excluding hydrogens is 382 g/mol. The Bertz CT molecular complexity index is 1010. The van der Waals surface area contributed by atoms with Crippen LogP contribution in [-0.4, -0.2) is 48.8 Å². The Morgan fingerprint density at radius 3 is 2.93 bits per heavy atom. The van der Waals surface area contributed by atoms with Gasteiger partial charge in [0.2, 0.25) is 5.91 Å². The van der Waals surface area contributed by atoms with Gasteiger partial charge in [0.05, 0.1) is 18.2 Å². The molecular formula is C22H25N5O3. The first kappa shape index (κ1) is 20.1. The maximum Gasteiger partial charge on any atom is 0.251 e. The molecule has 0 radical (unpaired) electrons. The van der Waals surface area contributed by atoms with Gasteiger partial charge in [0.15, 0.2) is 0 Å². The number of rotatable bonds is 6. The maximum atomic E-state index is 12.7. The molecule has 0 aliphatic carbocycles. The summed E-state index contributed by atoms with van der Waals surface area (Å²) < 4.78 is 6.85. The van der Waals surface area contributed by atoms with Gasteiger partial charge in [0.1, 0.15) is 11.9 Å². The summed E-state index contributed by atoms with van der Waals surface area (Å²) in [7, 11) is 1.57. The van der Waals surface area contributed by atoms with Gasteiger partial charge in [-0.05, 0) is 30.5 Å². The minimum absolute atomic E-state index is 0.0247. The second-order valence-corrected chi connectivity index (χ2v) is 7.89. The molecule has 0 spiro atoms. The standard InChI is InChI=1S/C22H25N5O3/c1-30-8-7-21(28)25-12-19-17-9-16(18-3-2-4-22(29)27(18)19)13-26(14-17)20-6-5-15(10-23)11-24-20/h2-6,11,16-17,19H,7-9,12-14H2,1H3,(H,25,28)/t16-,17+,19+/m1/s1. The molecule has 8 nitrogen and oxygen atoms in total. The second kappa shape index (κ2) is 8.67. The third-order valence-electron chi connectivity index (χ3n) is 6.04. The van der Waals surface area contributed by atoms with E-state index in [-0.39, 0.29) is 29.3 Å². The number of nitriles is 1. The van der Waals surface area contributed by atoms with Crippen LogP contribution in [-0.2, 0) is 9.53 Å². The van der Waals surface area contributed by atoms with Crippen molar-refractivity contribution in [1.82, 2.24) is 14.9 Å². The Labute approximate surface area is 175 Å². The molecule has 0 saturated carbocycles. The smallest absolute Gasteiger partial charge is 0.251 e. The first-order valence-electron chi connectivity index (χ1n) is 10.2. The fourth-order valence-corrected chi connectivity index (χ4v) is 4.63. The predicted octanol–water partition coefficient (Wildman–Crippen LogP) is 1.43. The van der Waals surface area contributed by atoms with Crippen molar-refractivity contribution in [1.29, 1.82) is 5.26 Å². The average molecular weight is 407 g/mol. The summed E-state index contributed by atoms with van der Waals surface area (Å²) in [6.45, 7) is 2.29. The van der Waals surface area contributed by atoms with Crippen molar-refractivity contribution in [2.24, 2.45) is 5.92 Å². The third kappa shape index (κ3) is 3.94. The topological polar surface area (TPSA) is 100 Å². The number of hydrogen-bond acceptors (Lipinski definition) is 6. The molecule has 0 aromatic carbocycles. The number of hydrogen-bond donors (Lipinski definition) is 1. The van der Waals surface area contributed by atoms with Crippen molar-refractivity contribution in [2.45, 2.75) is 24.8 Å². The number of fused-ring (bicyclic) bond motifs is 4. The van der Waals surface area contributed by atoms with Crippen molar-refractivity contribution in [3.63, 3.8) is 0 Å².